The van der Waals surface area contributed by atoms with Crippen LogP contribution in [0.2, 0.25) is 0 Å². The Balaban J connectivity index is 1.80. The predicted molar refractivity (Wildman–Crippen MR) is 100 cm³/mol. The van der Waals surface area contributed by atoms with E-state index < -0.39 is 0 Å². The third-order valence-electron chi connectivity index (χ3n) is 4.13. The Morgan fingerprint density at radius 1 is 0.960 bits per heavy atom. The van der Waals surface area contributed by atoms with E-state index in [0.29, 0.717) is 5.56 Å². The number of carbonyl (C=O) groups is 1. The van der Waals surface area contributed by atoms with Gasteiger partial charge in [-0.1, -0.05) is 48.0 Å². The van der Waals surface area contributed by atoms with Crippen molar-refractivity contribution < 1.29 is 4.79 Å². The fourth-order valence-corrected chi connectivity index (χ4v) is 2.90. The molecule has 0 unspecified atom stereocenters. The van der Waals surface area contributed by atoms with E-state index in [1.807, 2.05) is 90.6 Å². The summed E-state index contributed by atoms with van der Waals surface area (Å²) >= 11 is 0. The molecule has 0 bridgehead atoms. The summed E-state index contributed by atoms with van der Waals surface area (Å²) in [6, 6.07) is 23.2. The van der Waals surface area contributed by atoms with Gasteiger partial charge in [0.15, 0.2) is 0 Å². The zero-order valence-electron chi connectivity index (χ0n) is 13.8. The Morgan fingerprint density at radius 2 is 1.72 bits per heavy atom. The number of para-hydroxylation sites is 2. The molecule has 25 heavy (non-hydrogen) atoms. The molecule has 0 radical (unpaired) electrons. The first-order chi connectivity index (χ1) is 12.2. The number of fused-ring (bicyclic) bond motifs is 1. The van der Waals surface area contributed by atoms with Gasteiger partial charge in [0.1, 0.15) is 0 Å². The Kier molecular flexibility index (Phi) is 3.78. The number of hydrogen-bond acceptors (Lipinski definition) is 2. The second-order valence-corrected chi connectivity index (χ2v) is 5.96. The summed E-state index contributed by atoms with van der Waals surface area (Å²) < 4.78 is 1.81. The number of amides is 1. The number of nitrogens with one attached hydrogen (secondary N) is 1. The molecule has 1 N–H and O–H groups in total. The van der Waals surface area contributed by atoms with Crippen LogP contribution in [0.15, 0.2) is 79.0 Å². The second kappa shape index (κ2) is 6.24. The largest absolute Gasteiger partial charge is 0.322 e. The van der Waals surface area contributed by atoms with Crippen molar-refractivity contribution in [2.24, 2.45) is 0 Å². The van der Waals surface area contributed by atoms with Crippen LogP contribution in [0.5, 0.6) is 0 Å². The lowest BCUT2D eigenvalue weighted by Gasteiger charge is -2.12. The van der Waals surface area contributed by atoms with Crippen LogP contribution >= 0.6 is 0 Å². The van der Waals surface area contributed by atoms with Crippen LogP contribution in [0.1, 0.15) is 15.9 Å². The lowest BCUT2D eigenvalue weighted by Crippen LogP contribution is -2.15. The maximum Gasteiger partial charge on any atom is 0.257 e. The molecule has 0 aliphatic carbocycles. The molecular formula is C21H17N3O. The van der Waals surface area contributed by atoms with E-state index in [2.05, 4.69) is 10.4 Å². The first-order valence-electron chi connectivity index (χ1n) is 8.12. The first-order valence-corrected chi connectivity index (χ1v) is 8.12. The molecule has 1 amide bonds. The highest BCUT2D eigenvalue weighted by atomic mass is 16.1. The Bertz CT molecular complexity index is 1050. The Labute approximate surface area is 145 Å². The number of anilines is 1. The van der Waals surface area contributed by atoms with E-state index in [0.717, 1.165) is 27.8 Å². The molecule has 0 saturated carbocycles. The third kappa shape index (κ3) is 2.90. The second-order valence-electron chi connectivity index (χ2n) is 5.96. The lowest BCUT2D eigenvalue weighted by atomic mass is 10.1. The van der Waals surface area contributed by atoms with Crippen molar-refractivity contribution in [3.8, 4) is 5.69 Å². The summed E-state index contributed by atoms with van der Waals surface area (Å²) in [4.78, 5) is 12.9. The average Bonchev–Trinajstić information content (AvgIpc) is 3.06. The van der Waals surface area contributed by atoms with Crippen molar-refractivity contribution in [1.82, 2.24) is 9.78 Å². The molecule has 0 aliphatic rings. The van der Waals surface area contributed by atoms with Crippen molar-refractivity contribution >= 4 is 22.5 Å². The van der Waals surface area contributed by atoms with Gasteiger partial charge >= 0.3 is 0 Å². The van der Waals surface area contributed by atoms with Crippen molar-refractivity contribution in [2.45, 2.75) is 6.92 Å². The molecule has 0 atom stereocenters. The van der Waals surface area contributed by atoms with Crippen LogP contribution in [0.4, 0.5) is 5.69 Å². The third-order valence-corrected chi connectivity index (χ3v) is 4.13. The molecule has 122 valence electrons. The van der Waals surface area contributed by atoms with E-state index in [-0.39, 0.29) is 5.91 Å². The molecule has 0 saturated heterocycles. The molecule has 1 heterocycles. The normalized spacial score (nSPS) is 10.8. The number of aryl methyl sites for hydroxylation is 1. The summed E-state index contributed by atoms with van der Waals surface area (Å²) in [5.41, 5.74) is 4.13. The van der Waals surface area contributed by atoms with Crippen LogP contribution in [-0.2, 0) is 0 Å². The zero-order valence-corrected chi connectivity index (χ0v) is 13.8. The summed E-state index contributed by atoms with van der Waals surface area (Å²) in [6.45, 7) is 1.98. The van der Waals surface area contributed by atoms with Gasteiger partial charge in [0.05, 0.1) is 23.0 Å². The van der Waals surface area contributed by atoms with Crippen LogP contribution < -0.4 is 5.32 Å². The van der Waals surface area contributed by atoms with Crippen molar-refractivity contribution in [1.29, 1.82) is 0 Å². The molecule has 4 rings (SSSR count). The summed E-state index contributed by atoms with van der Waals surface area (Å²) in [6.07, 6.45) is 1.81. The van der Waals surface area contributed by atoms with Gasteiger partial charge in [-0.2, -0.15) is 5.10 Å². The fourth-order valence-electron chi connectivity index (χ4n) is 2.90. The minimum absolute atomic E-state index is 0.149. The highest BCUT2D eigenvalue weighted by Gasteiger charge is 2.15. The van der Waals surface area contributed by atoms with Gasteiger partial charge in [0.2, 0.25) is 0 Å². The number of benzene rings is 3. The van der Waals surface area contributed by atoms with Gasteiger partial charge < -0.3 is 5.32 Å². The van der Waals surface area contributed by atoms with E-state index in [4.69, 9.17) is 0 Å². The molecule has 4 aromatic rings. The maximum atomic E-state index is 12.9. The Hall–Kier alpha value is -3.40. The molecule has 1 aromatic heterocycles. The number of carbonyl (C=O) groups excluding carboxylic acids is 1. The quantitative estimate of drug-likeness (QED) is 0.598. The molecule has 0 aliphatic heterocycles. The fraction of sp³-hybridized carbons (Fsp3) is 0.0476. The van der Waals surface area contributed by atoms with Crippen LogP contribution in [0, 0.1) is 6.92 Å². The predicted octanol–water partition coefficient (Wildman–Crippen LogP) is 4.59. The van der Waals surface area contributed by atoms with Gasteiger partial charge in [0, 0.05) is 11.1 Å². The number of hydrogen-bond donors (Lipinski definition) is 1. The van der Waals surface area contributed by atoms with Gasteiger partial charge in [-0.15, -0.1) is 0 Å². The highest BCUT2D eigenvalue weighted by molar-refractivity contribution is 6.07. The maximum absolute atomic E-state index is 12.9. The summed E-state index contributed by atoms with van der Waals surface area (Å²) in [5.74, 6) is -0.149. The van der Waals surface area contributed by atoms with Gasteiger partial charge in [-0.05, 0) is 37.3 Å². The number of nitrogens with zero attached hydrogens (tertiary/aromatic N) is 2. The van der Waals surface area contributed by atoms with Gasteiger partial charge in [0.25, 0.3) is 5.91 Å². The molecule has 3 aromatic carbocycles. The minimum Gasteiger partial charge on any atom is -0.322 e. The van der Waals surface area contributed by atoms with E-state index in [1.54, 1.807) is 0 Å². The smallest absolute Gasteiger partial charge is 0.257 e. The van der Waals surface area contributed by atoms with Gasteiger partial charge in [-0.25, -0.2) is 4.68 Å². The SMILES string of the molecule is Cc1ccc(-n2ncc3ccccc32)c(C(=O)Nc2ccccc2)c1. The summed E-state index contributed by atoms with van der Waals surface area (Å²) in [5, 5.41) is 8.48. The van der Waals surface area contributed by atoms with Crippen molar-refractivity contribution in [3.63, 3.8) is 0 Å². The van der Waals surface area contributed by atoms with Crippen molar-refractivity contribution in [2.75, 3.05) is 5.32 Å². The zero-order chi connectivity index (χ0) is 17.2. The number of aromatic nitrogens is 2. The lowest BCUT2D eigenvalue weighted by molar-refractivity contribution is 0.102. The van der Waals surface area contributed by atoms with Crippen LogP contribution in [0.3, 0.4) is 0 Å². The molecular weight excluding hydrogens is 310 g/mol. The molecule has 0 fully saturated rings. The number of rotatable bonds is 3. The summed E-state index contributed by atoms with van der Waals surface area (Å²) in [7, 11) is 0. The van der Waals surface area contributed by atoms with E-state index in [1.165, 1.54) is 0 Å². The van der Waals surface area contributed by atoms with Crippen LogP contribution in [-0.4, -0.2) is 15.7 Å². The van der Waals surface area contributed by atoms with Crippen molar-refractivity contribution in [3.05, 3.63) is 90.1 Å². The van der Waals surface area contributed by atoms with E-state index >= 15 is 0 Å². The average molecular weight is 327 g/mol. The molecule has 4 heteroatoms. The standard InChI is InChI=1S/C21H17N3O/c1-15-11-12-20(24-19-10-6-5-7-16(19)14-22-24)18(13-15)21(25)23-17-8-3-2-4-9-17/h2-14H,1H3,(H,23,25). The molecule has 0 spiro atoms. The topological polar surface area (TPSA) is 46.9 Å². The van der Waals surface area contributed by atoms with E-state index in [9.17, 15) is 4.79 Å². The van der Waals surface area contributed by atoms with Gasteiger partial charge in [-0.3, -0.25) is 4.79 Å². The minimum atomic E-state index is -0.149. The van der Waals surface area contributed by atoms with Crippen LogP contribution in [0.25, 0.3) is 16.6 Å². The highest BCUT2D eigenvalue weighted by Crippen LogP contribution is 2.23. The molecule has 4 nitrogen and oxygen atoms in total. The first kappa shape index (κ1) is 15.1. The Morgan fingerprint density at radius 3 is 2.56 bits per heavy atom. The monoisotopic (exact) mass is 327 g/mol.